The Bertz CT molecular complexity index is 430. The summed E-state index contributed by atoms with van der Waals surface area (Å²) >= 11 is 0. The van der Waals surface area contributed by atoms with Gasteiger partial charge in [0.2, 0.25) is 0 Å². The number of hydrogen-bond acceptors (Lipinski definition) is 4. The Morgan fingerprint density at radius 1 is 1.59 bits per heavy atom. The summed E-state index contributed by atoms with van der Waals surface area (Å²) in [5.41, 5.74) is 6.02. The SMILES string of the molecule is CC1(C)CN(c2cc(C(=N)N)ccn2)CCO1. The number of nitrogens with one attached hydrogen (secondary N) is 1. The second-order valence-electron chi connectivity index (χ2n) is 4.85. The van der Waals surface area contributed by atoms with Crippen molar-refractivity contribution in [2.45, 2.75) is 19.4 Å². The minimum atomic E-state index is -0.161. The van der Waals surface area contributed by atoms with Gasteiger partial charge in [-0.25, -0.2) is 4.98 Å². The number of aromatic nitrogens is 1. The van der Waals surface area contributed by atoms with Gasteiger partial charge in [-0.2, -0.15) is 0 Å². The first-order valence-electron chi connectivity index (χ1n) is 5.67. The zero-order chi connectivity index (χ0) is 12.5. The molecule has 1 fully saturated rings. The summed E-state index contributed by atoms with van der Waals surface area (Å²) in [7, 11) is 0. The van der Waals surface area contributed by atoms with Gasteiger partial charge < -0.3 is 15.4 Å². The largest absolute Gasteiger partial charge is 0.384 e. The van der Waals surface area contributed by atoms with Crippen LogP contribution in [0.5, 0.6) is 0 Å². The average molecular weight is 234 g/mol. The first-order chi connectivity index (χ1) is 7.98. The molecule has 0 amide bonds. The lowest BCUT2D eigenvalue weighted by molar-refractivity contribution is -0.0279. The highest BCUT2D eigenvalue weighted by Gasteiger charge is 2.27. The molecule has 2 heterocycles. The molecule has 2 rings (SSSR count). The third kappa shape index (κ3) is 2.74. The molecule has 1 aliphatic rings. The van der Waals surface area contributed by atoms with Crippen molar-refractivity contribution in [2.75, 3.05) is 24.6 Å². The normalized spacial score (nSPS) is 19.1. The second kappa shape index (κ2) is 4.33. The highest BCUT2D eigenvalue weighted by molar-refractivity contribution is 5.95. The Morgan fingerprint density at radius 3 is 3.00 bits per heavy atom. The van der Waals surface area contributed by atoms with Crippen molar-refractivity contribution in [1.29, 1.82) is 5.41 Å². The Kier molecular flexibility index (Phi) is 3.02. The standard InChI is InChI=1S/C12H18N4O/c1-12(2)8-16(5-6-17-12)10-7-9(11(13)14)3-4-15-10/h3-4,7H,5-6,8H2,1-2H3,(H3,13,14). The maximum atomic E-state index is 7.43. The number of nitrogen functional groups attached to an aromatic ring is 1. The zero-order valence-corrected chi connectivity index (χ0v) is 10.2. The van der Waals surface area contributed by atoms with Gasteiger partial charge in [0.25, 0.3) is 0 Å². The van der Waals surface area contributed by atoms with Crippen LogP contribution in [0.4, 0.5) is 5.82 Å². The van der Waals surface area contributed by atoms with Crippen LogP contribution in [0.2, 0.25) is 0 Å². The highest BCUT2D eigenvalue weighted by atomic mass is 16.5. The van der Waals surface area contributed by atoms with E-state index >= 15 is 0 Å². The van der Waals surface area contributed by atoms with Crippen LogP contribution in [0.25, 0.3) is 0 Å². The molecular formula is C12H18N4O. The van der Waals surface area contributed by atoms with Gasteiger partial charge in [0, 0.05) is 24.8 Å². The molecular weight excluding hydrogens is 216 g/mol. The molecule has 3 N–H and O–H groups in total. The molecule has 1 aromatic rings. The van der Waals surface area contributed by atoms with Gasteiger partial charge in [0.15, 0.2) is 0 Å². The van der Waals surface area contributed by atoms with Crippen molar-refractivity contribution in [3.05, 3.63) is 23.9 Å². The quantitative estimate of drug-likeness (QED) is 0.591. The van der Waals surface area contributed by atoms with E-state index < -0.39 is 0 Å². The van der Waals surface area contributed by atoms with E-state index in [-0.39, 0.29) is 11.4 Å². The maximum absolute atomic E-state index is 7.43. The summed E-state index contributed by atoms with van der Waals surface area (Å²) in [5, 5.41) is 7.43. The number of rotatable bonds is 2. The van der Waals surface area contributed by atoms with Crippen molar-refractivity contribution in [3.8, 4) is 0 Å². The Labute approximate surface area is 101 Å². The molecule has 17 heavy (non-hydrogen) atoms. The monoisotopic (exact) mass is 234 g/mol. The molecule has 0 saturated carbocycles. The number of nitrogens with zero attached hydrogens (tertiary/aromatic N) is 2. The molecule has 0 unspecified atom stereocenters. The van der Waals surface area contributed by atoms with Gasteiger partial charge >= 0.3 is 0 Å². The molecule has 92 valence electrons. The van der Waals surface area contributed by atoms with E-state index in [0.29, 0.717) is 12.2 Å². The molecule has 0 spiro atoms. The van der Waals surface area contributed by atoms with Crippen LogP contribution in [-0.2, 0) is 4.74 Å². The fraction of sp³-hybridized carbons (Fsp3) is 0.500. The van der Waals surface area contributed by atoms with Gasteiger partial charge in [-0.05, 0) is 26.0 Å². The smallest absolute Gasteiger partial charge is 0.129 e. The van der Waals surface area contributed by atoms with Crippen LogP contribution in [0.15, 0.2) is 18.3 Å². The molecule has 1 saturated heterocycles. The van der Waals surface area contributed by atoms with Gasteiger partial charge in [0.05, 0.1) is 12.2 Å². The van der Waals surface area contributed by atoms with Crippen LogP contribution < -0.4 is 10.6 Å². The number of nitrogens with two attached hydrogens (primary N) is 1. The minimum Gasteiger partial charge on any atom is -0.384 e. The molecule has 5 heteroatoms. The molecule has 1 aliphatic heterocycles. The van der Waals surface area contributed by atoms with Gasteiger partial charge in [0.1, 0.15) is 11.7 Å². The van der Waals surface area contributed by atoms with E-state index in [9.17, 15) is 0 Å². The van der Waals surface area contributed by atoms with Crippen LogP contribution in [0, 0.1) is 5.41 Å². The first kappa shape index (κ1) is 11.9. The molecule has 0 bridgehead atoms. The van der Waals surface area contributed by atoms with E-state index in [1.165, 1.54) is 0 Å². The fourth-order valence-electron chi connectivity index (χ4n) is 1.97. The summed E-state index contributed by atoms with van der Waals surface area (Å²) in [6.07, 6.45) is 1.69. The number of anilines is 1. The summed E-state index contributed by atoms with van der Waals surface area (Å²) in [5.74, 6) is 0.926. The molecule has 0 aliphatic carbocycles. The third-order valence-corrected chi connectivity index (χ3v) is 2.81. The lowest BCUT2D eigenvalue weighted by Crippen LogP contribution is -2.48. The second-order valence-corrected chi connectivity index (χ2v) is 4.85. The number of hydrogen-bond donors (Lipinski definition) is 2. The number of morpholine rings is 1. The summed E-state index contributed by atoms with van der Waals surface area (Å²) in [6.45, 7) is 6.43. The Morgan fingerprint density at radius 2 is 2.35 bits per heavy atom. The van der Waals surface area contributed by atoms with E-state index in [1.54, 1.807) is 12.3 Å². The Balaban J connectivity index is 2.22. The van der Waals surface area contributed by atoms with Crippen LogP contribution >= 0.6 is 0 Å². The van der Waals surface area contributed by atoms with E-state index in [4.69, 9.17) is 15.9 Å². The summed E-state index contributed by atoms with van der Waals surface area (Å²) < 4.78 is 5.66. The Hall–Kier alpha value is -1.62. The number of pyridine rings is 1. The lowest BCUT2D eigenvalue weighted by atomic mass is 10.1. The van der Waals surface area contributed by atoms with Crippen molar-refractivity contribution >= 4 is 11.7 Å². The van der Waals surface area contributed by atoms with E-state index in [1.807, 2.05) is 6.07 Å². The highest BCUT2D eigenvalue weighted by Crippen LogP contribution is 2.21. The third-order valence-electron chi connectivity index (χ3n) is 2.81. The van der Waals surface area contributed by atoms with Crippen LogP contribution in [0.1, 0.15) is 19.4 Å². The van der Waals surface area contributed by atoms with E-state index in [0.717, 1.165) is 18.9 Å². The zero-order valence-electron chi connectivity index (χ0n) is 10.2. The molecule has 0 atom stereocenters. The number of ether oxygens (including phenoxy) is 1. The number of amidine groups is 1. The first-order valence-corrected chi connectivity index (χ1v) is 5.67. The molecule has 0 aromatic carbocycles. The predicted molar refractivity (Wildman–Crippen MR) is 67.5 cm³/mol. The lowest BCUT2D eigenvalue weighted by Gasteiger charge is -2.38. The molecule has 0 radical (unpaired) electrons. The van der Waals surface area contributed by atoms with Crippen molar-refractivity contribution in [2.24, 2.45) is 5.73 Å². The van der Waals surface area contributed by atoms with Gasteiger partial charge in [-0.15, -0.1) is 0 Å². The minimum absolute atomic E-state index is 0.0705. The molecule has 1 aromatic heterocycles. The van der Waals surface area contributed by atoms with Crippen molar-refractivity contribution in [3.63, 3.8) is 0 Å². The summed E-state index contributed by atoms with van der Waals surface area (Å²) in [6, 6.07) is 3.60. The van der Waals surface area contributed by atoms with Crippen molar-refractivity contribution < 1.29 is 4.74 Å². The van der Waals surface area contributed by atoms with Gasteiger partial charge in [-0.1, -0.05) is 0 Å². The van der Waals surface area contributed by atoms with Crippen LogP contribution in [0.3, 0.4) is 0 Å². The predicted octanol–water partition coefficient (Wildman–Crippen LogP) is 0.981. The molecule has 5 nitrogen and oxygen atoms in total. The van der Waals surface area contributed by atoms with E-state index in [2.05, 4.69) is 23.7 Å². The van der Waals surface area contributed by atoms with Crippen molar-refractivity contribution in [1.82, 2.24) is 4.98 Å². The topological polar surface area (TPSA) is 75.2 Å². The van der Waals surface area contributed by atoms with Crippen LogP contribution in [-0.4, -0.2) is 36.1 Å². The van der Waals surface area contributed by atoms with Gasteiger partial charge in [-0.3, -0.25) is 5.41 Å². The fourth-order valence-corrected chi connectivity index (χ4v) is 1.97. The summed E-state index contributed by atoms with van der Waals surface area (Å²) in [4.78, 5) is 6.49. The average Bonchev–Trinajstić information content (AvgIpc) is 2.28. The maximum Gasteiger partial charge on any atom is 0.129 e.